The number of methoxy groups -OCH3 is 1. The molecular weight excluding hydrogens is 284 g/mol. The van der Waals surface area contributed by atoms with Gasteiger partial charge in [0, 0.05) is 26.4 Å². The van der Waals surface area contributed by atoms with Crippen LogP contribution in [0.15, 0.2) is 17.0 Å². The second kappa shape index (κ2) is 6.80. The molecule has 0 aliphatic carbocycles. The molecule has 0 bridgehead atoms. The predicted octanol–water partition coefficient (Wildman–Crippen LogP) is 0.848. The fraction of sp³-hybridized carbons (Fsp3) is 0.571. The van der Waals surface area contributed by atoms with Gasteiger partial charge in [-0.05, 0) is 25.3 Å². The molecule has 1 aliphatic rings. The van der Waals surface area contributed by atoms with E-state index >= 15 is 0 Å². The molecule has 8 heteroatoms. The number of aromatic nitrogens is 4. The first kappa shape index (κ1) is 14.9. The molecule has 2 aromatic heterocycles. The van der Waals surface area contributed by atoms with Crippen LogP contribution in [0.3, 0.4) is 0 Å². The van der Waals surface area contributed by atoms with Crippen molar-refractivity contribution >= 4 is 5.82 Å². The highest BCUT2D eigenvalue weighted by atomic mass is 16.5. The third kappa shape index (κ3) is 3.07. The molecule has 1 saturated heterocycles. The van der Waals surface area contributed by atoms with Gasteiger partial charge in [0.1, 0.15) is 24.3 Å². The van der Waals surface area contributed by atoms with Crippen LogP contribution in [-0.2, 0) is 11.3 Å². The minimum atomic E-state index is 0.314. The largest absolute Gasteiger partial charge is 0.377 e. The number of nitrogens with zero attached hydrogens (tertiary/aromatic N) is 5. The van der Waals surface area contributed by atoms with Gasteiger partial charge in [-0.3, -0.25) is 0 Å². The second-order valence-electron chi connectivity index (χ2n) is 5.37. The van der Waals surface area contributed by atoms with Gasteiger partial charge >= 0.3 is 0 Å². The van der Waals surface area contributed by atoms with E-state index in [1.807, 2.05) is 0 Å². The molecule has 22 heavy (non-hydrogen) atoms. The molecule has 8 nitrogen and oxygen atoms in total. The maximum atomic E-state index is 5.75. The van der Waals surface area contributed by atoms with E-state index in [2.05, 4.69) is 25.0 Å². The van der Waals surface area contributed by atoms with Crippen molar-refractivity contribution in [2.75, 3.05) is 31.6 Å². The zero-order chi connectivity index (χ0) is 15.4. The van der Waals surface area contributed by atoms with Gasteiger partial charge < -0.3 is 19.9 Å². The van der Waals surface area contributed by atoms with Gasteiger partial charge in [-0.1, -0.05) is 5.16 Å². The monoisotopic (exact) mass is 304 g/mol. The molecule has 2 N–H and O–H groups in total. The second-order valence-corrected chi connectivity index (χ2v) is 5.37. The van der Waals surface area contributed by atoms with Crippen molar-refractivity contribution in [1.82, 2.24) is 20.1 Å². The molecule has 118 valence electrons. The van der Waals surface area contributed by atoms with Crippen LogP contribution < -0.4 is 10.6 Å². The molecule has 0 atom stereocenters. The summed E-state index contributed by atoms with van der Waals surface area (Å²) in [6.45, 7) is 2.90. The topological polar surface area (TPSA) is 103 Å². The van der Waals surface area contributed by atoms with E-state index < -0.39 is 0 Å². The van der Waals surface area contributed by atoms with Gasteiger partial charge in [-0.15, -0.1) is 0 Å². The number of hydrogen-bond donors (Lipinski definition) is 1. The Morgan fingerprint density at radius 1 is 1.41 bits per heavy atom. The highest BCUT2D eigenvalue weighted by Crippen LogP contribution is 2.29. The Labute approximate surface area is 128 Å². The van der Waals surface area contributed by atoms with Crippen molar-refractivity contribution in [1.29, 1.82) is 0 Å². The standard InChI is InChI=1S/C14H20N6O2/c1-21-8-12-18-14(22-19-12)11-7-16-9-17-13(11)20-4-2-10(6-15)3-5-20/h7,9-10H,2-6,8,15H2,1H3. The minimum Gasteiger partial charge on any atom is -0.377 e. The van der Waals surface area contributed by atoms with Crippen LogP contribution in [0.1, 0.15) is 18.7 Å². The average molecular weight is 304 g/mol. The van der Waals surface area contributed by atoms with E-state index in [9.17, 15) is 0 Å². The Morgan fingerprint density at radius 3 is 2.95 bits per heavy atom. The molecular formula is C14H20N6O2. The number of hydrogen-bond acceptors (Lipinski definition) is 8. The molecule has 0 amide bonds. The summed E-state index contributed by atoms with van der Waals surface area (Å²) in [6, 6.07) is 0. The lowest BCUT2D eigenvalue weighted by Crippen LogP contribution is -2.36. The fourth-order valence-corrected chi connectivity index (χ4v) is 2.66. The molecule has 2 aromatic rings. The minimum absolute atomic E-state index is 0.314. The van der Waals surface area contributed by atoms with Gasteiger partial charge in [0.2, 0.25) is 0 Å². The van der Waals surface area contributed by atoms with Crippen LogP contribution in [0.5, 0.6) is 0 Å². The quantitative estimate of drug-likeness (QED) is 0.867. The molecule has 0 spiro atoms. The Morgan fingerprint density at radius 2 is 2.23 bits per heavy atom. The molecule has 0 aromatic carbocycles. The predicted molar refractivity (Wildman–Crippen MR) is 80.0 cm³/mol. The van der Waals surface area contributed by atoms with Crippen LogP contribution in [0.4, 0.5) is 5.82 Å². The maximum absolute atomic E-state index is 5.75. The molecule has 3 heterocycles. The summed E-state index contributed by atoms with van der Waals surface area (Å²) < 4.78 is 10.3. The van der Waals surface area contributed by atoms with Crippen LogP contribution in [0.2, 0.25) is 0 Å². The van der Waals surface area contributed by atoms with Crippen molar-refractivity contribution in [2.45, 2.75) is 19.4 Å². The summed E-state index contributed by atoms with van der Waals surface area (Å²) in [6.07, 6.45) is 5.39. The lowest BCUT2D eigenvalue weighted by Gasteiger charge is -2.32. The first-order valence-corrected chi connectivity index (χ1v) is 7.38. The van der Waals surface area contributed by atoms with E-state index in [0.717, 1.165) is 43.9 Å². The fourth-order valence-electron chi connectivity index (χ4n) is 2.66. The molecule has 3 rings (SSSR count). The number of anilines is 1. The lowest BCUT2D eigenvalue weighted by molar-refractivity contribution is 0.174. The summed E-state index contributed by atoms with van der Waals surface area (Å²) >= 11 is 0. The number of ether oxygens (including phenoxy) is 1. The number of piperidine rings is 1. The van der Waals surface area contributed by atoms with Gasteiger partial charge in [0.25, 0.3) is 5.89 Å². The smallest absolute Gasteiger partial charge is 0.263 e. The third-order valence-electron chi connectivity index (χ3n) is 3.91. The lowest BCUT2D eigenvalue weighted by atomic mass is 9.97. The summed E-state index contributed by atoms with van der Waals surface area (Å²) in [5.74, 6) is 2.36. The normalized spacial score (nSPS) is 16.2. The van der Waals surface area contributed by atoms with E-state index in [4.69, 9.17) is 15.0 Å². The highest BCUT2D eigenvalue weighted by molar-refractivity contribution is 5.68. The Hall–Kier alpha value is -2.06. The summed E-state index contributed by atoms with van der Waals surface area (Å²) in [5, 5.41) is 3.89. The Balaban J connectivity index is 1.83. The summed E-state index contributed by atoms with van der Waals surface area (Å²) in [7, 11) is 1.59. The van der Waals surface area contributed by atoms with Crippen molar-refractivity contribution in [3.8, 4) is 11.5 Å². The van der Waals surface area contributed by atoms with Gasteiger partial charge in [-0.25, -0.2) is 9.97 Å². The molecule has 0 radical (unpaired) electrons. The number of rotatable bonds is 5. The molecule has 1 aliphatic heterocycles. The zero-order valence-corrected chi connectivity index (χ0v) is 12.6. The van der Waals surface area contributed by atoms with Gasteiger partial charge in [0.15, 0.2) is 5.82 Å². The maximum Gasteiger partial charge on any atom is 0.263 e. The van der Waals surface area contributed by atoms with Crippen molar-refractivity contribution < 1.29 is 9.26 Å². The van der Waals surface area contributed by atoms with E-state index in [1.165, 1.54) is 0 Å². The van der Waals surface area contributed by atoms with Crippen molar-refractivity contribution in [2.24, 2.45) is 11.7 Å². The van der Waals surface area contributed by atoms with Gasteiger partial charge in [-0.2, -0.15) is 4.98 Å². The van der Waals surface area contributed by atoms with E-state index in [1.54, 1.807) is 19.6 Å². The van der Waals surface area contributed by atoms with Crippen molar-refractivity contribution in [3.05, 3.63) is 18.3 Å². The highest BCUT2D eigenvalue weighted by Gasteiger charge is 2.23. The Bertz CT molecular complexity index is 609. The van der Waals surface area contributed by atoms with Crippen LogP contribution in [-0.4, -0.2) is 46.9 Å². The van der Waals surface area contributed by atoms with Crippen LogP contribution in [0.25, 0.3) is 11.5 Å². The van der Waals surface area contributed by atoms with Gasteiger partial charge in [0.05, 0.1) is 0 Å². The van der Waals surface area contributed by atoms with E-state index in [-0.39, 0.29) is 0 Å². The summed E-state index contributed by atoms with van der Waals surface area (Å²) in [5.41, 5.74) is 6.50. The number of nitrogens with two attached hydrogens (primary N) is 1. The van der Waals surface area contributed by atoms with E-state index in [0.29, 0.717) is 24.2 Å². The zero-order valence-electron chi connectivity index (χ0n) is 12.6. The third-order valence-corrected chi connectivity index (χ3v) is 3.91. The average Bonchev–Trinajstić information content (AvgIpc) is 3.04. The van der Waals surface area contributed by atoms with Crippen LogP contribution in [0, 0.1) is 5.92 Å². The van der Waals surface area contributed by atoms with Crippen molar-refractivity contribution in [3.63, 3.8) is 0 Å². The summed E-state index contributed by atoms with van der Waals surface area (Å²) in [4.78, 5) is 15.0. The van der Waals surface area contributed by atoms with Crippen LogP contribution >= 0.6 is 0 Å². The molecule has 1 fully saturated rings. The SMILES string of the molecule is COCc1noc(-c2cncnc2N2CCC(CN)CC2)n1. The molecule has 0 saturated carbocycles. The first-order valence-electron chi connectivity index (χ1n) is 7.38. The molecule has 0 unspecified atom stereocenters. The Kier molecular flexibility index (Phi) is 4.59. The first-order chi connectivity index (χ1) is 10.8.